The van der Waals surface area contributed by atoms with Gasteiger partial charge in [0.15, 0.2) is 0 Å². The molecule has 1 saturated heterocycles. The monoisotopic (exact) mass is 314 g/mol. The summed E-state index contributed by atoms with van der Waals surface area (Å²) >= 11 is 3.06. The molecule has 0 bridgehead atoms. The van der Waals surface area contributed by atoms with Crippen LogP contribution < -0.4 is 10.6 Å². The summed E-state index contributed by atoms with van der Waals surface area (Å²) in [7, 11) is 1.39. The van der Waals surface area contributed by atoms with Gasteiger partial charge in [-0.2, -0.15) is 0 Å². The quantitative estimate of drug-likeness (QED) is 0.684. The molecule has 0 radical (unpaired) electrons. The van der Waals surface area contributed by atoms with E-state index in [0.29, 0.717) is 16.0 Å². The molecule has 1 aliphatic heterocycles. The molecule has 2 rings (SSSR count). The first-order valence-electron chi connectivity index (χ1n) is 6.69. The summed E-state index contributed by atoms with van der Waals surface area (Å²) in [6.45, 7) is 6.65. The van der Waals surface area contributed by atoms with E-state index in [1.807, 2.05) is 6.26 Å². The maximum Gasteiger partial charge on any atom is 0.350 e. The van der Waals surface area contributed by atoms with Crippen LogP contribution >= 0.6 is 23.1 Å². The zero-order valence-corrected chi connectivity index (χ0v) is 14.1. The number of nitrogen functional groups attached to an aromatic ring is 1. The number of anilines is 2. The van der Waals surface area contributed by atoms with Crippen LogP contribution in [-0.4, -0.2) is 32.4 Å². The summed E-state index contributed by atoms with van der Waals surface area (Å²) in [4.78, 5) is 15.7. The molecule has 112 valence electrons. The molecule has 0 unspecified atom stereocenters. The predicted octanol–water partition coefficient (Wildman–Crippen LogP) is 3.47. The maximum absolute atomic E-state index is 11.8. The Morgan fingerprint density at radius 3 is 2.50 bits per heavy atom. The molecule has 0 saturated carbocycles. The number of ether oxygens (including phenoxy) is 1. The molecule has 0 aromatic carbocycles. The lowest BCUT2D eigenvalue weighted by molar-refractivity contribution is 0.0607. The third-order valence-corrected chi connectivity index (χ3v) is 6.06. The number of hydrogen-bond acceptors (Lipinski definition) is 6. The lowest BCUT2D eigenvalue weighted by Crippen LogP contribution is -2.37. The summed E-state index contributed by atoms with van der Waals surface area (Å²) in [5, 5.41) is 1.12. The second-order valence-electron chi connectivity index (χ2n) is 5.83. The number of piperidine rings is 1. The molecule has 6 heteroatoms. The van der Waals surface area contributed by atoms with E-state index in [0.717, 1.165) is 35.8 Å². The Bertz CT molecular complexity index is 502. The molecule has 1 aromatic rings. The molecule has 0 aliphatic carbocycles. The van der Waals surface area contributed by atoms with E-state index in [2.05, 4.69) is 18.7 Å². The lowest BCUT2D eigenvalue weighted by Gasteiger charge is -2.37. The summed E-state index contributed by atoms with van der Waals surface area (Å²) in [5.41, 5.74) is 7.08. The molecule has 2 N–H and O–H groups in total. The third-order valence-electron chi connectivity index (χ3n) is 3.86. The number of thioether (sulfide) groups is 1. The van der Waals surface area contributed by atoms with Gasteiger partial charge in [0.05, 0.1) is 17.7 Å². The van der Waals surface area contributed by atoms with Gasteiger partial charge in [-0.1, -0.05) is 13.8 Å². The van der Waals surface area contributed by atoms with E-state index < -0.39 is 0 Å². The second-order valence-corrected chi connectivity index (χ2v) is 7.64. The van der Waals surface area contributed by atoms with Crippen molar-refractivity contribution < 1.29 is 9.53 Å². The topological polar surface area (TPSA) is 55.6 Å². The first-order valence-corrected chi connectivity index (χ1v) is 8.73. The van der Waals surface area contributed by atoms with Crippen LogP contribution in [0.15, 0.2) is 4.90 Å². The normalized spacial score (nSPS) is 18.1. The Hall–Kier alpha value is -0.880. The van der Waals surface area contributed by atoms with E-state index in [4.69, 9.17) is 10.5 Å². The van der Waals surface area contributed by atoms with E-state index in [1.54, 1.807) is 11.8 Å². The largest absolute Gasteiger partial charge is 0.465 e. The minimum atomic E-state index is -0.341. The zero-order chi connectivity index (χ0) is 14.9. The summed E-state index contributed by atoms with van der Waals surface area (Å²) in [5.74, 6) is -0.341. The standard InChI is InChI=1S/C14H22N2O2S2/c1-14(2)5-7-16(8-6-14)12-10(19-4)9(15)11(20-12)13(17)18-3/h5-8,15H2,1-4H3. The van der Waals surface area contributed by atoms with Gasteiger partial charge in [0, 0.05) is 13.1 Å². The zero-order valence-electron chi connectivity index (χ0n) is 12.5. The highest BCUT2D eigenvalue weighted by Crippen LogP contribution is 2.45. The number of carbonyl (C=O) groups excluding carboxylic acids is 1. The Morgan fingerprint density at radius 2 is 2.00 bits per heavy atom. The molecule has 20 heavy (non-hydrogen) atoms. The molecular weight excluding hydrogens is 292 g/mol. The fourth-order valence-electron chi connectivity index (χ4n) is 2.38. The summed E-state index contributed by atoms with van der Waals surface area (Å²) in [6.07, 6.45) is 4.31. The Balaban J connectivity index is 2.30. The first-order chi connectivity index (χ1) is 9.39. The number of esters is 1. The van der Waals surface area contributed by atoms with Gasteiger partial charge in [-0.05, 0) is 24.5 Å². The van der Waals surface area contributed by atoms with Gasteiger partial charge in [0.25, 0.3) is 0 Å². The minimum Gasteiger partial charge on any atom is -0.465 e. The van der Waals surface area contributed by atoms with Crippen molar-refractivity contribution in [1.82, 2.24) is 0 Å². The first kappa shape index (κ1) is 15.5. The average molecular weight is 314 g/mol. The van der Waals surface area contributed by atoms with E-state index in [9.17, 15) is 4.79 Å². The van der Waals surface area contributed by atoms with E-state index in [1.165, 1.54) is 18.4 Å². The fraction of sp³-hybridized carbons (Fsp3) is 0.643. The van der Waals surface area contributed by atoms with Crippen molar-refractivity contribution in [1.29, 1.82) is 0 Å². The van der Waals surface area contributed by atoms with Crippen molar-refractivity contribution in [2.45, 2.75) is 31.6 Å². The molecule has 1 fully saturated rings. The third kappa shape index (κ3) is 2.91. The highest BCUT2D eigenvalue weighted by Gasteiger charge is 2.30. The van der Waals surface area contributed by atoms with Crippen molar-refractivity contribution >= 4 is 39.8 Å². The van der Waals surface area contributed by atoms with Crippen LogP contribution in [0.4, 0.5) is 10.7 Å². The number of nitrogens with two attached hydrogens (primary N) is 1. The molecule has 0 atom stereocenters. The molecule has 4 nitrogen and oxygen atoms in total. The molecule has 0 amide bonds. The number of hydrogen-bond donors (Lipinski definition) is 1. The highest BCUT2D eigenvalue weighted by atomic mass is 32.2. The maximum atomic E-state index is 11.8. The second kappa shape index (κ2) is 5.85. The van der Waals surface area contributed by atoms with E-state index in [-0.39, 0.29) is 5.97 Å². The van der Waals surface area contributed by atoms with Crippen LogP contribution in [-0.2, 0) is 4.74 Å². The lowest BCUT2D eigenvalue weighted by atomic mass is 9.83. The molecule has 2 heterocycles. The van der Waals surface area contributed by atoms with Gasteiger partial charge in [0.2, 0.25) is 0 Å². The SMILES string of the molecule is COC(=O)c1sc(N2CCC(C)(C)CC2)c(SC)c1N. The summed E-state index contributed by atoms with van der Waals surface area (Å²) in [6, 6.07) is 0. The molecule has 1 aliphatic rings. The minimum absolute atomic E-state index is 0.341. The molecule has 1 aromatic heterocycles. The number of carbonyl (C=O) groups is 1. The number of nitrogens with zero attached hydrogens (tertiary/aromatic N) is 1. The van der Waals surface area contributed by atoms with Gasteiger partial charge in [-0.15, -0.1) is 23.1 Å². The van der Waals surface area contributed by atoms with Gasteiger partial charge in [-0.3, -0.25) is 0 Å². The van der Waals surface area contributed by atoms with Gasteiger partial charge in [0.1, 0.15) is 9.88 Å². The van der Waals surface area contributed by atoms with Gasteiger partial charge >= 0.3 is 5.97 Å². The van der Waals surface area contributed by atoms with Crippen LogP contribution in [0.1, 0.15) is 36.4 Å². The smallest absolute Gasteiger partial charge is 0.350 e. The Kier molecular flexibility index (Phi) is 4.54. The summed E-state index contributed by atoms with van der Waals surface area (Å²) < 4.78 is 4.81. The van der Waals surface area contributed by atoms with Crippen molar-refractivity contribution in [3.05, 3.63) is 4.88 Å². The number of thiophene rings is 1. The average Bonchev–Trinajstić information content (AvgIpc) is 2.75. The van der Waals surface area contributed by atoms with Gasteiger partial charge in [-0.25, -0.2) is 4.79 Å². The van der Waals surface area contributed by atoms with Crippen LogP contribution in [0.3, 0.4) is 0 Å². The van der Waals surface area contributed by atoms with Crippen LogP contribution in [0, 0.1) is 5.41 Å². The van der Waals surface area contributed by atoms with Crippen molar-refractivity contribution in [3.63, 3.8) is 0 Å². The fourth-order valence-corrected chi connectivity index (χ4v) is 4.53. The number of rotatable bonds is 3. The number of methoxy groups -OCH3 is 1. The van der Waals surface area contributed by atoms with Gasteiger partial charge < -0.3 is 15.4 Å². The van der Waals surface area contributed by atoms with Crippen molar-refractivity contribution in [2.24, 2.45) is 5.41 Å². The molecular formula is C14H22N2O2S2. The van der Waals surface area contributed by atoms with Crippen molar-refractivity contribution in [2.75, 3.05) is 37.1 Å². The predicted molar refractivity (Wildman–Crippen MR) is 87.1 cm³/mol. The Labute approximate surface area is 128 Å². The van der Waals surface area contributed by atoms with Crippen molar-refractivity contribution in [3.8, 4) is 0 Å². The van der Waals surface area contributed by atoms with Crippen LogP contribution in [0.25, 0.3) is 0 Å². The highest BCUT2D eigenvalue weighted by molar-refractivity contribution is 7.99. The van der Waals surface area contributed by atoms with Crippen LogP contribution in [0.5, 0.6) is 0 Å². The van der Waals surface area contributed by atoms with E-state index >= 15 is 0 Å². The molecule has 0 spiro atoms. The Morgan fingerprint density at radius 1 is 1.40 bits per heavy atom. The van der Waals surface area contributed by atoms with Crippen LogP contribution in [0.2, 0.25) is 0 Å².